The molecule has 1 aromatic heterocycles. The third kappa shape index (κ3) is 2.25. The Morgan fingerprint density at radius 3 is 2.25 bits per heavy atom. The van der Waals surface area contributed by atoms with Crippen LogP contribution >= 0.6 is 0 Å². The van der Waals surface area contributed by atoms with Gasteiger partial charge in [0.2, 0.25) is 0 Å². The lowest BCUT2D eigenvalue weighted by Gasteiger charge is -2.37. The first-order valence-electron chi connectivity index (χ1n) is 7.02. The van der Waals surface area contributed by atoms with Crippen molar-refractivity contribution in [3.8, 4) is 0 Å². The highest BCUT2D eigenvalue weighted by Crippen LogP contribution is 2.49. The van der Waals surface area contributed by atoms with Gasteiger partial charge in [-0.05, 0) is 19.9 Å². The van der Waals surface area contributed by atoms with E-state index in [1.165, 1.54) is 12.3 Å². The van der Waals surface area contributed by atoms with Crippen LogP contribution in [-0.4, -0.2) is 66.9 Å². The van der Waals surface area contributed by atoms with Gasteiger partial charge in [0.05, 0.1) is 12.2 Å². The average molecular weight is 339 g/mol. The van der Waals surface area contributed by atoms with E-state index in [-0.39, 0.29) is 11.1 Å². The predicted octanol–water partition coefficient (Wildman–Crippen LogP) is -1.15. The van der Waals surface area contributed by atoms with E-state index in [2.05, 4.69) is 4.98 Å². The van der Waals surface area contributed by atoms with E-state index >= 15 is 0 Å². The molecule has 0 bridgehead atoms. The van der Waals surface area contributed by atoms with Gasteiger partial charge in [0.1, 0.15) is 12.2 Å². The molecule has 2 heterocycles. The normalized spacial score (nSPS) is 32.5. The Kier molecular flexibility index (Phi) is 4.55. The van der Waals surface area contributed by atoms with E-state index in [0.29, 0.717) is 0 Å². The molecule has 9 heteroatoms. The molecule has 0 amide bonds. The number of pyridine rings is 1. The van der Waals surface area contributed by atoms with Gasteiger partial charge in [-0.3, -0.25) is 14.6 Å². The quantitative estimate of drug-likeness (QED) is 0.520. The molecule has 130 valence electrons. The summed E-state index contributed by atoms with van der Waals surface area (Å²) in [5.74, 6) is -3.40. The fraction of sp³-hybridized carbons (Fsp3) is 0.467. The fourth-order valence-corrected chi connectivity index (χ4v) is 3.04. The van der Waals surface area contributed by atoms with E-state index in [1.807, 2.05) is 0 Å². The Balaban J connectivity index is 2.74. The molecule has 0 spiro atoms. The Hall–Kier alpha value is -2.20. The minimum Gasteiger partial charge on any atom is -0.478 e. The SMILES string of the molecule is CC(=O)[C@@]1(O)[C@@H](CO)O[C@@H](c2ccncc2C(=O)O)[C@@]1(O)C(C)=O. The number of rotatable bonds is 5. The minimum absolute atomic E-state index is 0.147. The molecule has 1 fully saturated rings. The third-order valence-corrected chi connectivity index (χ3v) is 4.33. The zero-order valence-electron chi connectivity index (χ0n) is 13.0. The summed E-state index contributed by atoms with van der Waals surface area (Å²) >= 11 is 0. The second-order valence-corrected chi connectivity index (χ2v) is 5.60. The Bertz CT molecular complexity index is 704. The van der Waals surface area contributed by atoms with Crippen LogP contribution < -0.4 is 0 Å². The molecule has 0 aliphatic carbocycles. The Morgan fingerprint density at radius 1 is 1.21 bits per heavy atom. The number of carbonyl (C=O) groups excluding carboxylic acids is 2. The number of hydrogen-bond acceptors (Lipinski definition) is 8. The molecule has 9 nitrogen and oxygen atoms in total. The van der Waals surface area contributed by atoms with Crippen LogP contribution in [0.1, 0.15) is 35.9 Å². The zero-order chi connectivity index (χ0) is 18.3. The van der Waals surface area contributed by atoms with Gasteiger partial charge in [0, 0.05) is 18.0 Å². The Labute approximate surface area is 136 Å². The molecule has 0 saturated carbocycles. The van der Waals surface area contributed by atoms with E-state index < -0.39 is 47.6 Å². The zero-order valence-corrected chi connectivity index (χ0v) is 13.0. The van der Waals surface area contributed by atoms with Crippen LogP contribution in [-0.2, 0) is 14.3 Å². The second kappa shape index (κ2) is 6.02. The van der Waals surface area contributed by atoms with Crippen molar-refractivity contribution in [2.24, 2.45) is 0 Å². The van der Waals surface area contributed by atoms with Crippen LogP contribution in [0.4, 0.5) is 0 Å². The lowest BCUT2D eigenvalue weighted by Crippen LogP contribution is -2.65. The van der Waals surface area contributed by atoms with Crippen LogP contribution in [0.5, 0.6) is 0 Å². The maximum Gasteiger partial charge on any atom is 0.337 e. The minimum atomic E-state index is -2.77. The van der Waals surface area contributed by atoms with Crippen molar-refractivity contribution in [1.29, 1.82) is 0 Å². The summed E-state index contributed by atoms with van der Waals surface area (Å²) in [7, 11) is 0. The topological polar surface area (TPSA) is 154 Å². The largest absolute Gasteiger partial charge is 0.478 e. The summed E-state index contributed by atoms with van der Waals surface area (Å²) < 4.78 is 5.36. The van der Waals surface area contributed by atoms with Crippen molar-refractivity contribution in [3.05, 3.63) is 29.6 Å². The number of nitrogens with zero attached hydrogens (tertiary/aromatic N) is 1. The van der Waals surface area contributed by atoms with Crippen molar-refractivity contribution >= 4 is 17.5 Å². The summed E-state index contributed by atoms with van der Waals surface area (Å²) in [5, 5.41) is 40.3. The number of Topliss-reactive ketones (excluding diaryl/α,β-unsaturated/α-hetero) is 2. The summed E-state index contributed by atoms with van der Waals surface area (Å²) in [6, 6.07) is 1.20. The van der Waals surface area contributed by atoms with Crippen LogP contribution in [0.3, 0.4) is 0 Å². The smallest absolute Gasteiger partial charge is 0.337 e. The number of aromatic nitrogens is 1. The molecule has 0 aromatic carbocycles. The van der Waals surface area contributed by atoms with Crippen molar-refractivity contribution < 1.29 is 39.5 Å². The van der Waals surface area contributed by atoms with Gasteiger partial charge in [0.25, 0.3) is 0 Å². The summed E-state index contributed by atoms with van der Waals surface area (Å²) in [6.07, 6.45) is -1.08. The Morgan fingerprint density at radius 2 is 1.79 bits per heavy atom. The molecular weight excluding hydrogens is 322 g/mol. The molecule has 24 heavy (non-hydrogen) atoms. The molecule has 2 rings (SSSR count). The number of aromatic carboxylic acids is 1. The number of carboxylic acids is 1. The molecule has 4 atom stereocenters. The highest BCUT2D eigenvalue weighted by atomic mass is 16.6. The van der Waals surface area contributed by atoms with E-state index in [9.17, 15) is 34.8 Å². The number of aliphatic hydroxyl groups is 3. The molecule has 4 N–H and O–H groups in total. The van der Waals surface area contributed by atoms with Gasteiger partial charge < -0.3 is 25.2 Å². The van der Waals surface area contributed by atoms with Crippen LogP contribution in [0.2, 0.25) is 0 Å². The average Bonchev–Trinajstić information content (AvgIpc) is 2.77. The van der Waals surface area contributed by atoms with Crippen LogP contribution in [0.25, 0.3) is 0 Å². The maximum absolute atomic E-state index is 12.1. The molecule has 0 radical (unpaired) electrons. The van der Waals surface area contributed by atoms with Gasteiger partial charge in [0.15, 0.2) is 22.8 Å². The van der Waals surface area contributed by atoms with E-state index in [0.717, 1.165) is 20.0 Å². The summed E-state index contributed by atoms with van der Waals surface area (Å²) in [6.45, 7) is 1.01. The number of ether oxygens (including phenoxy) is 1. The van der Waals surface area contributed by atoms with E-state index in [1.54, 1.807) is 0 Å². The number of ketones is 2. The lowest BCUT2D eigenvalue weighted by atomic mass is 9.71. The molecular formula is C15H17NO8. The summed E-state index contributed by atoms with van der Waals surface area (Å²) in [4.78, 5) is 39.1. The highest BCUT2D eigenvalue weighted by Gasteiger charge is 2.71. The molecule has 1 aromatic rings. The monoisotopic (exact) mass is 339 g/mol. The van der Waals surface area contributed by atoms with Gasteiger partial charge in [-0.15, -0.1) is 0 Å². The number of carbonyl (C=O) groups is 3. The lowest BCUT2D eigenvalue weighted by molar-refractivity contribution is -0.178. The number of aliphatic hydroxyl groups excluding tert-OH is 1. The maximum atomic E-state index is 12.1. The van der Waals surface area contributed by atoms with Gasteiger partial charge in [-0.25, -0.2) is 4.79 Å². The highest BCUT2D eigenvalue weighted by molar-refractivity contribution is 6.00. The fourth-order valence-electron chi connectivity index (χ4n) is 3.04. The predicted molar refractivity (Wildman–Crippen MR) is 77.2 cm³/mol. The number of hydrogen-bond donors (Lipinski definition) is 4. The molecule has 1 aliphatic rings. The third-order valence-electron chi connectivity index (χ3n) is 4.33. The standard InChI is InChI=1S/C15H17NO8/c1-7(18)14(22)11(6-17)24-12(15(14,23)8(2)19)9-3-4-16-5-10(9)13(20)21/h3-5,11-12,17,22-23H,6H2,1-2H3,(H,20,21)/t11-,12+,14-,15+/m1/s1. The van der Waals surface area contributed by atoms with Gasteiger partial charge in [-0.2, -0.15) is 0 Å². The van der Waals surface area contributed by atoms with Crippen molar-refractivity contribution in [1.82, 2.24) is 4.98 Å². The van der Waals surface area contributed by atoms with Crippen LogP contribution in [0, 0.1) is 0 Å². The van der Waals surface area contributed by atoms with Gasteiger partial charge in [-0.1, -0.05) is 0 Å². The molecule has 0 unspecified atom stereocenters. The second-order valence-electron chi connectivity index (χ2n) is 5.60. The number of carboxylic acid groups (broad SMARTS) is 1. The molecule has 1 saturated heterocycles. The van der Waals surface area contributed by atoms with Crippen LogP contribution in [0.15, 0.2) is 18.5 Å². The molecule has 1 aliphatic heterocycles. The van der Waals surface area contributed by atoms with E-state index in [4.69, 9.17) is 4.74 Å². The summed E-state index contributed by atoms with van der Waals surface area (Å²) in [5.41, 5.74) is -6.01. The first-order valence-corrected chi connectivity index (χ1v) is 7.02. The first kappa shape index (κ1) is 18.1. The van der Waals surface area contributed by atoms with Crippen molar-refractivity contribution in [2.75, 3.05) is 6.61 Å². The van der Waals surface area contributed by atoms with Crippen molar-refractivity contribution in [3.63, 3.8) is 0 Å². The first-order chi connectivity index (χ1) is 11.1. The van der Waals surface area contributed by atoms with Gasteiger partial charge >= 0.3 is 5.97 Å². The van der Waals surface area contributed by atoms with Crippen molar-refractivity contribution in [2.45, 2.75) is 37.3 Å².